The van der Waals surface area contributed by atoms with E-state index in [1.54, 1.807) is 12.1 Å². The van der Waals surface area contributed by atoms with Crippen molar-refractivity contribution in [3.05, 3.63) is 30.1 Å². The van der Waals surface area contributed by atoms with Gasteiger partial charge in [-0.05, 0) is 43.0 Å². The van der Waals surface area contributed by atoms with Gasteiger partial charge < -0.3 is 5.32 Å². The van der Waals surface area contributed by atoms with E-state index in [0.717, 1.165) is 11.6 Å². The molecule has 2 heteroatoms. The smallest absolute Gasteiger partial charge is 0.123 e. The van der Waals surface area contributed by atoms with Crippen molar-refractivity contribution in [3.8, 4) is 0 Å². The molecule has 1 aromatic carbocycles. The van der Waals surface area contributed by atoms with E-state index < -0.39 is 0 Å². The summed E-state index contributed by atoms with van der Waals surface area (Å²) in [7, 11) is 0. The van der Waals surface area contributed by atoms with Crippen LogP contribution in [-0.4, -0.2) is 6.04 Å². The molecule has 1 nitrogen and oxygen atoms in total. The molecule has 14 heavy (non-hydrogen) atoms. The minimum absolute atomic E-state index is 0.171. The molecule has 0 aliphatic heterocycles. The van der Waals surface area contributed by atoms with Crippen molar-refractivity contribution in [2.45, 2.75) is 32.2 Å². The Balaban J connectivity index is 2.00. The van der Waals surface area contributed by atoms with Crippen molar-refractivity contribution in [2.24, 2.45) is 5.92 Å². The third-order valence-electron chi connectivity index (χ3n) is 3.06. The average Bonchev–Trinajstić information content (AvgIpc) is 2.56. The summed E-state index contributed by atoms with van der Waals surface area (Å²) in [5.41, 5.74) is 1.03. The first-order valence-electron chi connectivity index (χ1n) is 5.28. The van der Waals surface area contributed by atoms with E-state index in [9.17, 15) is 4.39 Å². The van der Waals surface area contributed by atoms with Crippen molar-refractivity contribution in [1.82, 2.24) is 0 Å². The molecular weight excluding hydrogens is 177 g/mol. The van der Waals surface area contributed by atoms with Gasteiger partial charge in [-0.2, -0.15) is 0 Å². The molecule has 0 heterocycles. The number of halogens is 1. The van der Waals surface area contributed by atoms with Gasteiger partial charge >= 0.3 is 0 Å². The van der Waals surface area contributed by atoms with Gasteiger partial charge in [0.25, 0.3) is 0 Å². The van der Waals surface area contributed by atoms with Crippen molar-refractivity contribution < 1.29 is 4.39 Å². The molecule has 0 radical (unpaired) electrons. The molecule has 2 atom stereocenters. The molecule has 76 valence electrons. The molecule has 1 aromatic rings. The summed E-state index contributed by atoms with van der Waals surface area (Å²) in [6, 6.07) is 7.19. The van der Waals surface area contributed by atoms with Gasteiger partial charge in [-0.15, -0.1) is 0 Å². The van der Waals surface area contributed by atoms with Crippen LogP contribution in [0.5, 0.6) is 0 Å². The maximum absolute atomic E-state index is 12.6. The van der Waals surface area contributed by atoms with Crippen LogP contribution in [0, 0.1) is 11.7 Å². The van der Waals surface area contributed by atoms with Crippen molar-refractivity contribution in [1.29, 1.82) is 0 Å². The van der Waals surface area contributed by atoms with E-state index in [2.05, 4.69) is 12.2 Å². The lowest BCUT2D eigenvalue weighted by atomic mass is 10.1. The number of benzene rings is 1. The van der Waals surface area contributed by atoms with Crippen LogP contribution in [0.1, 0.15) is 26.2 Å². The van der Waals surface area contributed by atoms with Gasteiger partial charge in [0.05, 0.1) is 0 Å². The quantitative estimate of drug-likeness (QED) is 0.758. The summed E-state index contributed by atoms with van der Waals surface area (Å²) in [4.78, 5) is 0. The lowest BCUT2D eigenvalue weighted by Gasteiger charge is -2.18. The van der Waals surface area contributed by atoms with Crippen LogP contribution < -0.4 is 5.32 Å². The lowest BCUT2D eigenvalue weighted by molar-refractivity contribution is 0.556. The Hall–Kier alpha value is -1.05. The monoisotopic (exact) mass is 193 g/mol. The van der Waals surface area contributed by atoms with Crippen LogP contribution in [0.2, 0.25) is 0 Å². The predicted octanol–water partition coefficient (Wildman–Crippen LogP) is 3.43. The first-order chi connectivity index (χ1) is 6.75. The number of rotatable bonds is 2. The second kappa shape index (κ2) is 3.99. The van der Waals surface area contributed by atoms with Gasteiger partial charge in [0.1, 0.15) is 5.82 Å². The number of anilines is 1. The standard InChI is InChI=1S/C12H16FN/c1-9-3-2-4-12(9)14-11-7-5-10(13)6-8-11/h5-9,12,14H,2-4H2,1H3/t9-,12?/m1/s1. The summed E-state index contributed by atoms with van der Waals surface area (Å²) in [6.45, 7) is 2.27. The molecule has 0 saturated heterocycles. The molecule has 0 bridgehead atoms. The molecule has 1 N–H and O–H groups in total. The van der Waals surface area contributed by atoms with Crippen LogP contribution in [0.15, 0.2) is 24.3 Å². The van der Waals surface area contributed by atoms with E-state index >= 15 is 0 Å². The van der Waals surface area contributed by atoms with Crippen LogP contribution in [0.4, 0.5) is 10.1 Å². The maximum atomic E-state index is 12.6. The van der Waals surface area contributed by atoms with E-state index in [0.29, 0.717) is 6.04 Å². The zero-order valence-electron chi connectivity index (χ0n) is 8.46. The summed E-state index contributed by atoms with van der Waals surface area (Å²) >= 11 is 0. The Labute approximate surface area is 84.3 Å². The van der Waals surface area contributed by atoms with Crippen molar-refractivity contribution in [2.75, 3.05) is 5.32 Å². The topological polar surface area (TPSA) is 12.0 Å². The summed E-state index contributed by atoms with van der Waals surface area (Å²) < 4.78 is 12.6. The van der Waals surface area contributed by atoms with Crippen molar-refractivity contribution in [3.63, 3.8) is 0 Å². The van der Waals surface area contributed by atoms with Gasteiger partial charge in [-0.3, -0.25) is 0 Å². The zero-order valence-corrected chi connectivity index (χ0v) is 8.46. The first-order valence-corrected chi connectivity index (χ1v) is 5.28. The Bertz CT molecular complexity index is 294. The molecule has 2 rings (SSSR count). The third kappa shape index (κ3) is 2.06. The van der Waals surface area contributed by atoms with E-state index in [-0.39, 0.29) is 5.82 Å². The van der Waals surface area contributed by atoms with Crippen LogP contribution >= 0.6 is 0 Å². The molecular formula is C12H16FN. The Morgan fingerprint density at radius 2 is 1.93 bits per heavy atom. The fraction of sp³-hybridized carbons (Fsp3) is 0.500. The molecule has 1 aliphatic carbocycles. The van der Waals surface area contributed by atoms with E-state index in [4.69, 9.17) is 0 Å². The average molecular weight is 193 g/mol. The third-order valence-corrected chi connectivity index (χ3v) is 3.06. The second-order valence-electron chi connectivity index (χ2n) is 4.17. The SMILES string of the molecule is C[C@@H]1CCCC1Nc1ccc(F)cc1. The Morgan fingerprint density at radius 1 is 1.21 bits per heavy atom. The molecule has 1 unspecified atom stereocenters. The largest absolute Gasteiger partial charge is 0.382 e. The van der Waals surface area contributed by atoms with Crippen LogP contribution in [-0.2, 0) is 0 Å². The predicted molar refractivity (Wildman–Crippen MR) is 56.8 cm³/mol. The summed E-state index contributed by atoms with van der Waals surface area (Å²) in [5.74, 6) is 0.565. The highest BCUT2D eigenvalue weighted by Crippen LogP contribution is 2.27. The maximum Gasteiger partial charge on any atom is 0.123 e. The molecule has 1 saturated carbocycles. The van der Waals surface area contributed by atoms with Gasteiger partial charge in [0.2, 0.25) is 0 Å². The number of hydrogen-bond acceptors (Lipinski definition) is 1. The van der Waals surface area contributed by atoms with Crippen LogP contribution in [0.3, 0.4) is 0 Å². The van der Waals surface area contributed by atoms with E-state index in [1.165, 1.54) is 31.4 Å². The molecule has 0 amide bonds. The number of hydrogen-bond donors (Lipinski definition) is 1. The summed E-state index contributed by atoms with van der Waals surface area (Å²) in [6.07, 6.45) is 3.84. The lowest BCUT2D eigenvalue weighted by Crippen LogP contribution is -2.21. The highest BCUT2D eigenvalue weighted by atomic mass is 19.1. The Kier molecular flexibility index (Phi) is 2.71. The van der Waals surface area contributed by atoms with Crippen LogP contribution in [0.25, 0.3) is 0 Å². The fourth-order valence-electron chi connectivity index (χ4n) is 2.12. The normalized spacial score (nSPS) is 26.4. The van der Waals surface area contributed by atoms with Gasteiger partial charge in [0.15, 0.2) is 0 Å². The summed E-state index contributed by atoms with van der Waals surface area (Å²) in [5, 5.41) is 3.45. The molecule has 1 aliphatic rings. The second-order valence-corrected chi connectivity index (χ2v) is 4.17. The van der Waals surface area contributed by atoms with E-state index in [1.807, 2.05) is 0 Å². The minimum Gasteiger partial charge on any atom is -0.382 e. The van der Waals surface area contributed by atoms with Gasteiger partial charge in [-0.1, -0.05) is 13.3 Å². The molecule has 0 spiro atoms. The zero-order chi connectivity index (χ0) is 9.97. The number of nitrogens with one attached hydrogen (secondary N) is 1. The molecule has 0 aromatic heterocycles. The highest BCUT2D eigenvalue weighted by Gasteiger charge is 2.22. The first kappa shape index (κ1) is 9.50. The fourth-order valence-corrected chi connectivity index (χ4v) is 2.12. The highest BCUT2D eigenvalue weighted by molar-refractivity contribution is 5.44. The van der Waals surface area contributed by atoms with Crippen molar-refractivity contribution >= 4 is 5.69 Å². The van der Waals surface area contributed by atoms with Gasteiger partial charge in [0, 0.05) is 11.7 Å². The van der Waals surface area contributed by atoms with Gasteiger partial charge in [-0.25, -0.2) is 4.39 Å². The molecule has 1 fully saturated rings. The Morgan fingerprint density at radius 3 is 2.50 bits per heavy atom. The minimum atomic E-state index is -0.171.